The zero-order chi connectivity index (χ0) is 14.9. The van der Waals surface area contributed by atoms with Crippen molar-refractivity contribution in [3.05, 3.63) is 12.4 Å². The number of aromatic nitrogens is 2. The number of amides is 1. The van der Waals surface area contributed by atoms with Gasteiger partial charge in [-0.05, 0) is 31.6 Å². The minimum atomic E-state index is 0.244. The van der Waals surface area contributed by atoms with Gasteiger partial charge in [0, 0.05) is 38.8 Å². The topological polar surface area (TPSA) is 41.4 Å². The van der Waals surface area contributed by atoms with Crippen molar-refractivity contribution in [3.8, 4) is 0 Å². The maximum atomic E-state index is 11.8. The number of carbonyl (C=O) groups is 1. The number of rotatable bonds is 4. The smallest absolute Gasteiger partial charge is 0.227 e. The van der Waals surface area contributed by atoms with Crippen LogP contribution in [0.2, 0.25) is 0 Å². The predicted octanol–water partition coefficient (Wildman–Crippen LogP) is 2.45. The van der Waals surface area contributed by atoms with Gasteiger partial charge < -0.3 is 9.80 Å². The maximum Gasteiger partial charge on any atom is 0.227 e. The van der Waals surface area contributed by atoms with E-state index in [4.69, 9.17) is 0 Å². The molecule has 1 aromatic rings. The van der Waals surface area contributed by atoms with E-state index in [2.05, 4.69) is 20.9 Å². The summed E-state index contributed by atoms with van der Waals surface area (Å²) < 4.78 is 2.09. The quantitative estimate of drug-likeness (QED) is 0.858. The van der Waals surface area contributed by atoms with Crippen molar-refractivity contribution < 1.29 is 4.79 Å². The minimum Gasteiger partial charge on any atom is -0.309 e. The molecular formula is C17H26N4O. The molecule has 0 radical (unpaired) electrons. The summed E-state index contributed by atoms with van der Waals surface area (Å²) in [4.78, 5) is 16.3. The summed E-state index contributed by atoms with van der Waals surface area (Å²) in [6, 6.07) is 0.479. The van der Waals surface area contributed by atoms with Crippen LogP contribution in [0.15, 0.2) is 12.4 Å². The molecule has 120 valence electrons. The second-order valence-electron chi connectivity index (χ2n) is 7.18. The van der Waals surface area contributed by atoms with Crippen molar-refractivity contribution in [2.24, 2.45) is 5.92 Å². The normalized spacial score (nSPS) is 27.4. The fraction of sp³-hybridized carbons (Fsp3) is 0.765. The Balaban J connectivity index is 1.36. The molecular weight excluding hydrogens is 276 g/mol. The Hall–Kier alpha value is -1.36. The summed E-state index contributed by atoms with van der Waals surface area (Å²) in [6.07, 6.45) is 12.5. The molecule has 0 spiro atoms. The molecule has 0 bridgehead atoms. The molecule has 3 aliphatic rings. The molecule has 1 aliphatic carbocycles. The SMILES string of the molecule is O=C1CCCN1c1cnn(C2CCN(CC3CCCC3)C2)c1. The van der Waals surface area contributed by atoms with Gasteiger partial charge in [0.15, 0.2) is 0 Å². The van der Waals surface area contributed by atoms with E-state index in [0.717, 1.165) is 31.1 Å². The van der Waals surface area contributed by atoms with E-state index < -0.39 is 0 Å². The average Bonchev–Trinajstić information content (AvgIpc) is 3.25. The summed E-state index contributed by atoms with van der Waals surface area (Å²) in [7, 11) is 0. The van der Waals surface area contributed by atoms with Crippen molar-refractivity contribution in [2.45, 2.75) is 51.0 Å². The molecule has 3 heterocycles. The predicted molar refractivity (Wildman–Crippen MR) is 85.9 cm³/mol. The van der Waals surface area contributed by atoms with Crippen LogP contribution in [0.5, 0.6) is 0 Å². The van der Waals surface area contributed by atoms with Gasteiger partial charge in [0.25, 0.3) is 0 Å². The first-order chi connectivity index (χ1) is 10.8. The van der Waals surface area contributed by atoms with Gasteiger partial charge in [-0.3, -0.25) is 9.48 Å². The lowest BCUT2D eigenvalue weighted by Gasteiger charge is -2.20. The second kappa shape index (κ2) is 6.03. The molecule has 1 amide bonds. The summed E-state index contributed by atoms with van der Waals surface area (Å²) in [5.74, 6) is 1.17. The number of anilines is 1. The van der Waals surface area contributed by atoms with Crippen LogP contribution in [0.3, 0.4) is 0 Å². The highest BCUT2D eigenvalue weighted by molar-refractivity contribution is 5.95. The first kappa shape index (κ1) is 14.2. The van der Waals surface area contributed by atoms with Crippen molar-refractivity contribution >= 4 is 11.6 Å². The summed E-state index contributed by atoms with van der Waals surface area (Å²) in [5, 5.41) is 4.54. The van der Waals surface area contributed by atoms with Gasteiger partial charge in [0.05, 0.1) is 17.9 Å². The van der Waals surface area contributed by atoms with E-state index in [9.17, 15) is 4.79 Å². The summed E-state index contributed by atoms with van der Waals surface area (Å²) in [5.41, 5.74) is 0.983. The zero-order valence-corrected chi connectivity index (χ0v) is 13.3. The van der Waals surface area contributed by atoms with Gasteiger partial charge in [0.2, 0.25) is 5.91 Å². The van der Waals surface area contributed by atoms with Crippen LogP contribution in [-0.4, -0.2) is 46.8 Å². The van der Waals surface area contributed by atoms with Crippen molar-refractivity contribution in [1.82, 2.24) is 14.7 Å². The zero-order valence-electron chi connectivity index (χ0n) is 13.3. The molecule has 3 fully saturated rings. The Bertz CT molecular complexity index is 535. The lowest BCUT2D eigenvalue weighted by atomic mass is 10.1. The summed E-state index contributed by atoms with van der Waals surface area (Å²) in [6.45, 7) is 4.43. The van der Waals surface area contributed by atoms with Crippen LogP contribution in [0.25, 0.3) is 0 Å². The van der Waals surface area contributed by atoms with E-state index in [1.165, 1.54) is 45.2 Å². The van der Waals surface area contributed by atoms with E-state index in [0.29, 0.717) is 12.5 Å². The molecule has 4 rings (SSSR count). The lowest BCUT2D eigenvalue weighted by molar-refractivity contribution is -0.117. The molecule has 22 heavy (non-hydrogen) atoms. The van der Waals surface area contributed by atoms with E-state index in [-0.39, 0.29) is 5.91 Å². The highest BCUT2D eigenvalue weighted by Gasteiger charge is 2.29. The molecule has 0 N–H and O–H groups in total. The maximum absolute atomic E-state index is 11.8. The van der Waals surface area contributed by atoms with Crippen LogP contribution in [0.1, 0.15) is 51.0 Å². The van der Waals surface area contributed by atoms with Crippen molar-refractivity contribution in [1.29, 1.82) is 0 Å². The molecule has 0 aromatic carbocycles. The van der Waals surface area contributed by atoms with Crippen LogP contribution in [0.4, 0.5) is 5.69 Å². The monoisotopic (exact) mass is 302 g/mol. The summed E-state index contributed by atoms with van der Waals surface area (Å²) >= 11 is 0. The molecule has 2 saturated heterocycles. The molecule has 1 aromatic heterocycles. The minimum absolute atomic E-state index is 0.244. The number of likely N-dealkylation sites (tertiary alicyclic amines) is 1. The molecule has 1 saturated carbocycles. The van der Waals surface area contributed by atoms with Crippen LogP contribution in [0, 0.1) is 5.92 Å². The average molecular weight is 302 g/mol. The molecule has 5 nitrogen and oxygen atoms in total. The molecule has 1 atom stereocenters. The Morgan fingerprint density at radius 2 is 2.00 bits per heavy atom. The highest BCUT2D eigenvalue weighted by atomic mass is 16.2. The third-order valence-electron chi connectivity index (χ3n) is 5.59. The number of nitrogens with zero attached hydrogens (tertiary/aromatic N) is 4. The highest BCUT2D eigenvalue weighted by Crippen LogP contribution is 2.30. The van der Waals surface area contributed by atoms with E-state index in [1.807, 2.05) is 11.1 Å². The van der Waals surface area contributed by atoms with Crippen LogP contribution in [-0.2, 0) is 4.79 Å². The van der Waals surface area contributed by atoms with Gasteiger partial charge in [-0.25, -0.2) is 0 Å². The Morgan fingerprint density at radius 3 is 2.77 bits per heavy atom. The van der Waals surface area contributed by atoms with Gasteiger partial charge in [-0.1, -0.05) is 12.8 Å². The van der Waals surface area contributed by atoms with Gasteiger partial charge >= 0.3 is 0 Å². The number of hydrogen-bond donors (Lipinski definition) is 0. The van der Waals surface area contributed by atoms with E-state index in [1.54, 1.807) is 0 Å². The largest absolute Gasteiger partial charge is 0.309 e. The fourth-order valence-corrected chi connectivity index (χ4v) is 4.34. The number of hydrogen-bond acceptors (Lipinski definition) is 3. The van der Waals surface area contributed by atoms with Crippen LogP contribution >= 0.6 is 0 Å². The van der Waals surface area contributed by atoms with Crippen molar-refractivity contribution in [2.75, 3.05) is 31.1 Å². The standard InChI is InChI=1S/C17H26N4O/c22-17-6-3-8-20(17)16-10-18-21(13-16)15-7-9-19(12-15)11-14-4-1-2-5-14/h10,13-15H,1-9,11-12H2. The third kappa shape index (κ3) is 2.78. The van der Waals surface area contributed by atoms with Crippen molar-refractivity contribution in [3.63, 3.8) is 0 Å². The Kier molecular flexibility index (Phi) is 3.90. The fourth-order valence-electron chi connectivity index (χ4n) is 4.34. The molecule has 1 unspecified atom stereocenters. The van der Waals surface area contributed by atoms with Gasteiger partial charge in [-0.2, -0.15) is 5.10 Å². The first-order valence-corrected chi connectivity index (χ1v) is 8.86. The Labute approximate surface area is 132 Å². The van der Waals surface area contributed by atoms with Crippen LogP contribution < -0.4 is 4.90 Å². The third-order valence-corrected chi connectivity index (χ3v) is 5.59. The first-order valence-electron chi connectivity index (χ1n) is 8.86. The van der Waals surface area contributed by atoms with Gasteiger partial charge in [0.1, 0.15) is 0 Å². The number of carbonyl (C=O) groups excluding carboxylic acids is 1. The van der Waals surface area contributed by atoms with Gasteiger partial charge in [-0.15, -0.1) is 0 Å². The van der Waals surface area contributed by atoms with E-state index >= 15 is 0 Å². The second-order valence-corrected chi connectivity index (χ2v) is 7.18. The molecule has 2 aliphatic heterocycles. The molecule has 5 heteroatoms. The Morgan fingerprint density at radius 1 is 1.14 bits per heavy atom. The lowest BCUT2D eigenvalue weighted by Crippen LogP contribution is -2.27.